The molecule has 10 heteroatoms. The van der Waals surface area contributed by atoms with Crippen LogP contribution in [0.5, 0.6) is 0 Å². The Bertz CT molecular complexity index is 717. The van der Waals surface area contributed by atoms with Gasteiger partial charge < -0.3 is 5.32 Å². The predicted octanol–water partition coefficient (Wildman–Crippen LogP) is 0.588. The second-order valence-electron chi connectivity index (χ2n) is 4.79. The maximum Gasteiger partial charge on any atom is 0.259 e. The second kappa shape index (κ2) is 9.69. The van der Waals surface area contributed by atoms with E-state index in [4.69, 9.17) is 0 Å². The summed E-state index contributed by atoms with van der Waals surface area (Å²) >= 11 is 2.06. The molecule has 8 nitrogen and oxygen atoms in total. The third-order valence-electron chi connectivity index (χ3n) is 2.88. The van der Waals surface area contributed by atoms with Gasteiger partial charge in [-0.25, -0.2) is 18.6 Å². The number of rotatable bonds is 8. The molecule has 0 aliphatic rings. The Morgan fingerprint density at radius 2 is 1.75 bits per heavy atom. The third kappa shape index (κ3) is 7.36. The molecule has 132 valence electrons. The van der Waals surface area contributed by atoms with Crippen LogP contribution >= 0.6 is 22.6 Å². The highest BCUT2D eigenvalue weighted by molar-refractivity contribution is 14.1. The maximum absolute atomic E-state index is 12.0. The molecular weight excluding hydrogens is 447 g/mol. The zero-order valence-electron chi connectivity index (χ0n) is 13.3. The van der Waals surface area contributed by atoms with Crippen LogP contribution < -0.4 is 15.5 Å². The van der Waals surface area contributed by atoms with Crippen LogP contribution in [0.3, 0.4) is 0 Å². The summed E-state index contributed by atoms with van der Waals surface area (Å²) in [6.45, 7) is 2.91. The Labute approximate surface area is 154 Å². The molecule has 0 aliphatic carbocycles. The Morgan fingerprint density at radius 1 is 1.12 bits per heavy atom. The van der Waals surface area contributed by atoms with E-state index < -0.39 is 28.4 Å². The lowest BCUT2D eigenvalue weighted by atomic mass is 10.3. The standard InChI is InChI=1S/C14H19IN4O4S/c1-3-10(2)18-19-14(21)8-16-13(20)9-17-24(22,23)12-6-4-11(15)5-7-12/h4-7,17H,3,8-9H2,1-2H3,(H,16,20)(H,19,21)/b18-10-. The molecule has 0 bridgehead atoms. The molecule has 3 N–H and O–H groups in total. The van der Waals surface area contributed by atoms with Crippen LogP contribution in [0.2, 0.25) is 0 Å². The summed E-state index contributed by atoms with van der Waals surface area (Å²) in [5, 5.41) is 6.12. The van der Waals surface area contributed by atoms with Gasteiger partial charge in [-0.1, -0.05) is 6.92 Å². The minimum Gasteiger partial charge on any atom is -0.346 e. The number of benzene rings is 1. The van der Waals surface area contributed by atoms with Crippen LogP contribution in [0, 0.1) is 3.57 Å². The molecule has 0 spiro atoms. The van der Waals surface area contributed by atoms with E-state index in [9.17, 15) is 18.0 Å². The van der Waals surface area contributed by atoms with Crippen molar-refractivity contribution < 1.29 is 18.0 Å². The van der Waals surface area contributed by atoms with Gasteiger partial charge in [0.15, 0.2) is 0 Å². The summed E-state index contributed by atoms with van der Waals surface area (Å²) in [7, 11) is -3.77. The van der Waals surface area contributed by atoms with E-state index in [0.717, 1.165) is 9.28 Å². The SMILES string of the molecule is CC/C(C)=N\NC(=O)CNC(=O)CNS(=O)(=O)c1ccc(I)cc1. The summed E-state index contributed by atoms with van der Waals surface area (Å²) in [6.07, 6.45) is 0.701. The molecule has 1 aromatic rings. The molecule has 0 heterocycles. The molecule has 0 unspecified atom stereocenters. The number of hydrogen-bond donors (Lipinski definition) is 3. The summed E-state index contributed by atoms with van der Waals surface area (Å²) in [4.78, 5) is 23.1. The largest absolute Gasteiger partial charge is 0.346 e. The minimum absolute atomic E-state index is 0.0674. The molecule has 2 amide bonds. The fourth-order valence-corrected chi connectivity index (χ4v) is 2.72. The topological polar surface area (TPSA) is 117 Å². The van der Waals surface area contributed by atoms with Crippen molar-refractivity contribution in [2.75, 3.05) is 13.1 Å². The van der Waals surface area contributed by atoms with Gasteiger partial charge in [0.1, 0.15) is 0 Å². The molecule has 1 rings (SSSR count). The summed E-state index contributed by atoms with van der Waals surface area (Å²) < 4.78 is 27.1. The maximum atomic E-state index is 12.0. The number of nitrogens with zero attached hydrogens (tertiary/aromatic N) is 1. The van der Waals surface area contributed by atoms with Crippen molar-refractivity contribution in [3.63, 3.8) is 0 Å². The second-order valence-corrected chi connectivity index (χ2v) is 7.80. The molecular formula is C14H19IN4O4S. The number of carbonyl (C=O) groups excluding carboxylic acids is 2. The number of amides is 2. The van der Waals surface area contributed by atoms with Gasteiger partial charge in [0.05, 0.1) is 18.0 Å². The van der Waals surface area contributed by atoms with Crippen molar-refractivity contribution in [3.05, 3.63) is 27.8 Å². The number of carbonyl (C=O) groups is 2. The molecule has 0 radical (unpaired) electrons. The Balaban J connectivity index is 2.43. The predicted molar refractivity (Wildman–Crippen MR) is 98.9 cm³/mol. The first-order chi connectivity index (χ1) is 11.2. The van der Waals surface area contributed by atoms with E-state index >= 15 is 0 Å². The monoisotopic (exact) mass is 466 g/mol. The van der Waals surface area contributed by atoms with E-state index in [1.807, 2.05) is 6.92 Å². The average molecular weight is 466 g/mol. The summed E-state index contributed by atoms with van der Waals surface area (Å²) in [5.41, 5.74) is 3.04. The Hall–Kier alpha value is -1.53. The lowest BCUT2D eigenvalue weighted by molar-refractivity contribution is -0.125. The third-order valence-corrected chi connectivity index (χ3v) is 5.01. The van der Waals surface area contributed by atoms with Gasteiger partial charge in [0.25, 0.3) is 5.91 Å². The Kier molecular flexibility index (Phi) is 8.28. The van der Waals surface area contributed by atoms with Gasteiger partial charge in [-0.15, -0.1) is 0 Å². The van der Waals surface area contributed by atoms with Crippen molar-refractivity contribution in [1.29, 1.82) is 0 Å². The summed E-state index contributed by atoms with van der Waals surface area (Å²) in [5.74, 6) is -1.10. The van der Waals surface area contributed by atoms with Gasteiger partial charge in [-0.3, -0.25) is 9.59 Å². The number of hydrogen-bond acceptors (Lipinski definition) is 5. The molecule has 0 atom stereocenters. The van der Waals surface area contributed by atoms with E-state index in [0.29, 0.717) is 6.42 Å². The first kappa shape index (κ1) is 20.5. The van der Waals surface area contributed by atoms with Crippen LogP contribution in [0.25, 0.3) is 0 Å². The first-order valence-corrected chi connectivity index (χ1v) is 9.64. The fraction of sp³-hybridized carbons (Fsp3) is 0.357. The van der Waals surface area contributed by atoms with E-state index in [1.165, 1.54) is 12.1 Å². The lowest BCUT2D eigenvalue weighted by Crippen LogP contribution is -2.41. The number of hydrazone groups is 1. The quantitative estimate of drug-likeness (QED) is 0.295. The van der Waals surface area contributed by atoms with Crippen molar-refractivity contribution in [1.82, 2.24) is 15.5 Å². The van der Waals surface area contributed by atoms with Crippen LogP contribution in [0.15, 0.2) is 34.3 Å². The van der Waals surface area contributed by atoms with E-state index in [1.54, 1.807) is 19.1 Å². The van der Waals surface area contributed by atoms with Crippen LogP contribution in [0.1, 0.15) is 20.3 Å². The highest BCUT2D eigenvalue weighted by Crippen LogP contribution is 2.11. The van der Waals surface area contributed by atoms with Crippen molar-refractivity contribution >= 4 is 50.1 Å². The molecule has 0 fully saturated rings. The first-order valence-electron chi connectivity index (χ1n) is 7.08. The van der Waals surface area contributed by atoms with Gasteiger partial charge >= 0.3 is 0 Å². The average Bonchev–Trinajstić information content (AvgIpc) is 2.56. The minimum atomic E-state index is -3.77. The van der Waals surface area contributed by atoms with Crippen molar-refractivity contribution in [2.45, 2.75) is 25.2 Å². The molecule has 0 aliphatic heterocycles. The van der Waals surface area contributed by atoms with Crippen LogP contribution in [-0.4, -0.2) is 39.0 Å². The zero-order valence-corrected chi connectivity index (χ0v) is 16.3. The smallest absolute Gasteiger partial charge is 0.259 e. The highest BCUT2D eigenvalue weighted by Gasteiger charge is 2.15. The molecule has 0 saturated carbocycles. The molecule has 0 saturated heterocycles. The zero-order chi connectivity index (χ0) is 18.2. The van der Waals surface area contributed by atoms with Crippen LogP contribution in [0.4, 0.5) is 0 Å². The molecule has 24 heavy (non-hydrogen) atoms. The van der Waals surface area contributed by atoms with Crippen LogP contribution in [-0.2, 0) is 19.6 Å². The van der Waals surface area contributed by atoms with E-state index in [2.05, 4.69) is 43.2 Å². The summed E-state index contributed by atoms with van der Waals surface area (Å²) in [6, 6.07) is 6.20. The normalized spacial score (nSPS) is 11.9. The Morgan fingerprint density at radius 3 is 2.33 bits per heavy atom. The lowest BCUT2D eigenvalue weighted by Gasteiger charge is -2.07. The fourth-order valence-electron chi connectivity index (χ4n) is 1.38. The molecule has 0 aromatic heterocycles. The number of sulfonamides is 1. The van der Waals surface area contributed by atoms with Gasteiger partial charge in [0, 0.05) is 9.28 Å². The van der Waals surface area contributed by atoms with E-state index in [-0.39, 0.29) is 11.4 Å². The van der Waals surface area contributed by atoms with Gasteiger partial charge in [0.2, 0.25) is 15.9 Å². The van der Waals surface area contributed by atoms with Gasteiger partial charge in [-0.05, 0) is 60.2 Å². The molecule has 1 aromatic carbocycles. The van der Waals surface area contributed by atoms with Crippen molar-refractivity contribution in [2.24, 2.45) is 5.10 Å². The van der Waals surface area contributed by atoms with Crippen molar-refractivity contribution in [3.8, 4) is 0 Å². The number of halogens is 1. The highest BCUT2D eigenvalue weighted by atomic mass is 127. The number of nitrogens with one attached hydrogen (secondary N) is 3. The van der Waals surface area contributed by atoms with Gasteiger partial charge in [-0.2, -0.15) is 5.10 Å².